The molecular weight excluding hydrogens is 1150 g/mol. The second kappa shape index (κ2) is 52.5. The third kappa shape index (κ3) is 45.6. The molecule has 13 aromatic rings. The van der Waals surface area contributed by atoms with Crippen LogP contribution in [-0.2, 0) is 48.7 Å². The summed E-state index contributed by atoms with van der Waals surface area (Å²) in [5, 5.41) is 11.6. The Morgan fingerprint density at radius 2 is 1.15 bits per heavy atom. The SMILES string of the molecule is C.C.C.CCc1cccn1C.Cc1cc[nH]c1.Cc1ccc(C)n1C.Cc1ccc[nH]1.Cc1cccc(=O)[nH]1.Cc1cccn1C.Cc1ccn[nH]1.Cc1cncs1.Cc1cscn1.Cc1nccs1.Cn1cccc1.Cn1cccc1.Cn1ccnc1. The first-order valence-corrected chi connectivity index (χ1v) is 30.1. The Hall–Kier alpha value is -8.78. The summed E-state index contributed by atoms with van der Waals surface area (Å²) in [6.45, 7) is 22.4. The van der Waals surface area contributed by atoms with E-state index in [-0.39, 0.29) is 27.8 Å². The van der Waals surface area contributed by atoms with Crippen LogP contribution in [0.25, 0.3) is 0 Å². The zero-order chi connectivity index (χ0) is 63.0. The summed E-state index contributed by atoms with van der Waals surface area (Å²) in [7, 11) is 12.1. The molecule has 0 aliphatic carbocycles. The monoisotopic (exact) mass is 1260 g/mol. The summed E-state index contributed by atoms with van der Waals surface area (Å²) in [5.41, 5.74) is 14.6. The van der Waals surface area contributed by atoms with Gasteiger partial charge < -0.3 is 42.4 Å². The van der Waals surface area contributed by atoms with Crippen LogP contribution in [0.15, 0.2) is 223 Å². The third-order valence-electron chi connectivity index (χ3n) is 11.1. The Labute approximate surface area is 539 Å². The molecule has 0 saturated heterocycles. The minimum absolute atomic E-state index is 0. The minimum atomic E-state index is -0.0370. The maximum atomic E-state index is 10.4. The predicted molar refractivity (Wildman–Crippen MR) is 381 cm³/mol. The molecule has 19 heteroatoms. The standard InChI is InChI=1S/2C7H11N.C6H7NO.C6H9N.4C5H7N.2C4H6N2.3C4H5NS.3CH4/c1-6-4-5-7(2)8(6)3;1-3-7-5-4-6-8(7)2;1-5-3-2-4-6(8)7-5;1-6-4-3-5-7(6)2;1-5-2-3-6-4-5;2*1-6-4-2-3-5-6;1-5-3-2-4-6-5;1-6-3-2-5-4-6;1-4-2-3-5-6-4;1-4-2-6-3-5-4;1-4-2-5-3-6-4;1-4-5-2-3-6-4;;;/h4-5H,1-3H3;4-6H,3H2,1-2H3;2-4H,1H3,(H,7,8);3-5H,1-2H3;2-4,6H,1H3;2*2-5H,1H3;2-4,6H,1H3;2-4H,1H3;2-3H,1H3,(H,5,6);3*2-3H,1H3;3*1H4. The Balaban J connectivity index is -0.000000888. The maximum Gasteiger partial charge on any atom is 0.248 e. The molecule has 0 atom stereocenters. The summed E-state index contributed by atoms with van der Waals surface area (Å²) in [4.78, 5) is 35.7. The number of aryl methyl sites for hydroxylation is 16. The second-order valence-electron chi connectivity index (χ2n) is 18.8. The van der Waals surface area contributed by atoms with E-state index in [4.69, 9.17) is 0 Å². The number of pyridine rings is 1. The van der Waals surface area contributed by atoms with E-state index >= 15 is 0 Å². The first-order valence-electron chi connectivity index (χ1n) is 27.4. The summed E-state index contributed by atoms with van der Waals surface area (Å²) in [6.07, 6.45) is 29.8. The Bertz CT molecular complexity index is 2940. The van der Waals surface area contributed by atoms with Gasteiger partial charge >= 0.3 is 0 Å². The van der Waals surface area contributed by atoms with Crippen molar-refractivity contribution in [2.75, 3.05) is 0 Å². The van der Waals surface area contributed by atoms with Crippen molar-refractivity contribution in [1.82, 2.24) is 72.5 Å². The van der Waals surface area contributed by atoms with E-state index in [9.17, 15) is 4.79 Å². The van der Waals surface area contributed by atoms with E-state index in [1.807, 2.05) is 228 Å². The van der Waals surface area contributed by atoms with Crippen molar-refractivity contribution in [3.05, 3.63) is 289 Å². The van der Waals surface area contributed by atoms with Crippen molar-refractivity contribution in [2.45, 2.75) is 105 Å². The molecule has 0 spiro atoms. The first kappa shape index (κ1) is 83.4. The fourth-order valence-electron chi connectivity index (χ4n) is 5.88. The van der Waals surface area contributed by atoms with Gasteiger partial charge in [-0.25, -0.2) is 4.98 Å². The quantitative estimate of drug-likeness (QED) is 0.127. The molecule has 0 unspecified atom stereocenters. The van der Waals surface area contributed by atoms with Crippen LogP contribution in [0, 0.1) is 69.2 Å². The molecule has 0 aliphatic rings. The lowest BCUT2D eigenvalue weighted by Gasteiger charge is -1.96. The van der Waals surface area contributed by atoms with E-state index in [1.54, 1.807) is 65.0 Å². The van der Waals surface area contributed by atoms with Crippen LogP contribution in [0.3, 0.4) is 0 Å². The number of imidazole rings is 1. The van der Waals surface area contributed by atoms with Gasteiger partial charge in [0.2, 0.25) is 5.56 Å². The predicted octanol–water partition coefficient (Wildman–Crippen LogP) is 17.3. The van der Waals surface area contributed by atoms with Gasteiger partial charge in [0.05, 0.1) is 22.4 Å². The lowest BCUT2D eigenvalue weighted by atomic mass is 10.3. The van der Waals surface area contributed by atoms with Crippen LogP contribution in [0.4, 0.5) is 0 Å². The Morgan fingerprint density at radius 1 is 0.523 bits per heavy atom. The van der Waals surface area contributed by atoms with Crippen LogP contribution in [0.2, 0.25) is 0 Å². The molecule has 4 N–H and O–H groups in total. The molecule has 88 heavy (non-hydrogen) atoms. The number of hydrogen-bond donors (Lipinski definition) is 4. The number of nitrogens with one attached hydrogen (secondary N) is 4. The smallest absolute Gasteiger partial charge is 0.248 e. The molecule has 0 aliphatic heterocycles. The number of rotatable bonds is 1. The van der Waals surface area contributed by atoms with Crippen LogP contribution < -0.4 is 5.56 Å². The Morgan fingerprint density at radius 3 is 1.32 bits per heavy atom. The fraction of sp³-hybridized carbons (Fsp3) is 0.304. The number of aromatic amines is 4. The number of aromatic nitrogens is 15. The van der Waals surface area contributed by atoms with Gasteiger partial charge in [-0.1, -0.05) is 35.3 Å². The number of H-pyrrole nitrogens is 4. The molecule has 13 heterocycles. The summed E-state index contributed by atoms with van der Waals surface area (Å²) >= 11 is 4.96. The van der Waals surface area contributed by atoms with Gasteiger partial charge in [0.1, 0.15) is 0 Å². The van der Waals surface area contributed by atoms with Crippen molar-refractivity contribution in [1.29, 1.82) is 0 Å². The Kier molecular flexibility index (Phi) is 49.8. The van der Waals surface area contributed by atoms with Crippen molar-refractivity contribution < 1.29 is 0 Å². The van der Waals surface area contributed by atoms with Gasteiger partial charge in [-0.05, 0) is 172 Å². The molecule has 480 valence electrons. The van der Waals surface area contributed by atoms with E-state index in [0.717, 1.165) is 28.5 Å². The van der Waals surface area contributed by atoms with Crippen LogP contribution in [0.5, 0.6) is 0 Å². The van der Waals surface area contributed by atoms with Crippen LogP contribution >= 0.6 is 34.0 Å². The van der Waals surface area contributed by atoms with Gasteiger partial charge in [-0.3, -0.25) is 24.8 Å². The highest BCUT2D eigenvalue weighted by Gasteiger charge is 1.91. The van der Waals surface area contributed by atoms with Crippen molar-refractivity contribution >= 4 is 34.0 Å². The zero-order valence-electron chi connectivity index (χ0n) is 53.0. The molecule has 16 nitrogen and oxygen atoms in total. The molecule has 13 rings (SSSR count). The van der Waals surface area contributed by atoms with E-state index in [0.29, 0.717) is 0 Å². The van der Waals surface area contributed by atoms with Gasteiger partial charge in [-0.2, -0.15) is 5.10 Å². The highest BCUT2D eigenvalue weighted by molar-refractivity contribution is 7.09. The molecule has 13 aromatic heterocycles. The topological polar surface area (TPSA) is 174 Å². The average molecular weight is 1260 g/mol. The van der Waals surface area contributed by atoms with E-state index < -0.39 is 0 Å². The first-order chi connectivity index (χ1) is 40.7. The molecular formula is C69H105N15OS3. The molecule has 0 radical (unpaired) electrons. The number of nitrogens with zero attached hydrogens (tertiary/aromatic N) is 11. The minimum Gasteiger partial charge on any atom is -0.367 e. The van der Waals surface area contributed by atoms with Crippen LogP contribution in [0.1, 0.15) is 90.2 Å². The fourth-order valence-corrected chi connectivity index (χ4v) is 7.27. The highest BCUT2D eigenvalue weighted by Crippen LogP contribution is 2.03. The maximum absolute atomic E-state index is 10.4. The average Bonchev–Trinajstić information content (AvgIpc) is 4.38. The summed E-state index contributed by atoms with van der Waals surface area (Å²) < 4.78 is 12.3. The highest BCUT2D eigenvalue weighted by atomic mass is 32.1. The zero-order valence-corrected chi connectivity index (χ0v) is 55.5. The second-order valence-corrected chi connectivity index (χ2v) is 21.7. The molecule has 0 fully saturated rings. The normalized spacial score (nSPS) is 8.78. The van der Waals surface area contributed by atoms with Gasteiger partial charge in [-0.15, -0.1) is 34.0 Å². The molecule has 0 saturated carbocycles. The van der Waals surface area contributed by atoms with Gasteiger partial charge in [0.25, 0.3) is 0 Å². The summed E-state index contributed by atoms with van der Waals surface area (Å²) in [6, 6.07) is 33.6. The lowest BCUT2D eigenvalue weighted by molar-refractivity contribution is 0.838. The van der Waals surface area contributed by atoms with E-state index in [1.165, 1.54) is 45.0 Å². The molecule has 0 aromatic carbocycles. The number of hydrogen-bond acceptors (Lipinski definition) is 9. The lowest BCUT2D eigenvalue weighted by Crippen LogP contribution is -2.02. The largest absolute Gasteiger partial charge is 0.367 e. The molecule has 0 amide bonds. The van der Waals surface area contributed by atoms with Gasteiger partial charge in [0.15, 0.2) is 0 Å². The van der Waals surface area contributed by atoms with Crippen molar-refractivity contribution in [3.63, 3.8) is 0 Å². The van der Waals surface area contributed by atoms with E-state index in [2.05, 4.69) is 144 Å². The van der Waals surface area contributed by atoms with Crippen molar-refractivity contribution in [2.24, 2.45) is 42.3 Å². The molecule has 0 bridgehead atoms. The van der Waals surface area contributed by atoms with Crippen LogP contribution in [-0.4, -0.2) is 72.5 Å². The third-order valence-corrected chi connectivity index (χ3v) is 13.2. The van der Waals surface area contributed by atoms with Gasteiger partial charge in [0, 0.05) is 196 Å². The summed E-state index contributed by atoms with van der Waals surface area (Å²) in [5.74, 6) is 0. The number of thiazole rings is 3. The van der Waals surface area contributed by atoms with Crippen molar-refractivity contribution in [3.8, 4) is 0 Å².